The predicted octanol–water partition coefficient (Wildman–Crippen LogP) is 5.91. The summed E-state index contributed by atoms with van der Waals surface area (Å²) in [5.41, 5.74) is 7.23. The number of benzene rings is 3. The molecule has 1 nitrogen and oxygen atoms in total. The summed E-state index contributed by atoms with van der Waals surface area (Å²) in [6.07, 6.45) is 7.24. The minimum atomic E-state index is 0.282. The number of hydrogen-bond donors (Lipinski definition) is 0. The Kier molecular flexibility index (Phi) is 4.18. The van der Waals surface area contributed by atoms with E-state index < -0.39 is 0 Å². The highest BCUT2D eigenvalue weighted by Gasteiger charge is 2.37. The largest absolute Gasteiger partial charge is 0.299 e. The number of likely N-dealkylation sites (tertiary alicyclic amines) is 1. The van der Waals surface area contributed by atoms with Crippen LogP contribution in [0.15, 0.2) is 84.9 Å². The third-order valence-electron chi connectivity index (χ3n) is 6.29. The van der Waals surface area contributed by atoms with E-state index in [1.54, 1.807) is 0 Å². The highest BCUT2D eigenvalue weighted by atomic mass is 15.1. The molecule has 0 aromatic heterocycles. The highest BCUT2D eigenvalue weighted by Crippen LogP contribution is 2.43. The number of nitrogens with zero attached hydrogens (tertiary/aromatic N) is 1. The minimum absolute atomic E-state index is 0.282. The smallest absolute Gasteiger partial charge is 0.0233 e. The van der Waals surface area contributed by atoms with Gasteiger partial charge in [0, 0.05) is 12.0 Å². The van der Waals surface area contributed by atoms with Gasteiger partial charge in [0.05, 0.1) is 0 Å². The zero-order valence-electron chi connectivity index (χ0n) is 15.6. The topological polar surface area (TPSA) is 3.24 Å². The first-order valence-electron chi connectivity index (χ1n) is 9.98. The monoisotopic (exact) mass is 351 g/mol. The van der Waals surface area contributed by atoms with Crippen molar-refractivity contribution >= 4 is 6.08 Å². The van der Waals surface area contributed by atoms with Crippen LogP contribution in [-0.2, 0) is 12.0 Å². The van der Waals surface area contributed by atoms with E-state index in [-0.39, 0.29) is 5.41 Å². The molecule has 1 spiro atoms. The van der Waals surface area contributed by atoms with Crippen molar-refractivity contribution in [3.8, 4) is 11.1 Å². The van der Waals surface area contributed by atoms with E-state index in [1.807, 2.05) is 0 Å². The normalized spacial score (nSPS) is 17.9. The first-order valence-corrected chi connectivity index (χ1v) is 9.98. The fraction of sp³-hybridized carbons (Fsp3) is 0.231. The summed E-state index contributed by atoms with van der Waals surface area (Å²) in [6.45, 7) is 3.38. The summed E-state index contributed by atoms with van der Waals surface area (Å²) in [7, 11) is 0. The van der Waals surface area contributed by atoms with Gasteiger partial charge in [0.1, 0.15) is 0 Å². The number of rotatable bonds is 3. The van der Waals surface area contributed by atoms with E-state index in [2.05, 4.69) is 95.9 Å². The van der Waals surface area contributed by atoms with E-state index in [0.717, 1.165) is 6.54 Å². The van der Waals surface area contributed by atoms with Crippen LogP contribution in [0.1, 0.15) is 29.5 Å². The van der Waals surface area contributed by atoms with Crippen LogP contribution in [0.3, 0.4) is 0 Å². The Hall–Kier alpha value is -2.64. The maximum Gasteiger partial charge on any atom is 0.0233 e. The molecule has 0 N–H and O–H groups in total. The molecular weight excluding hydrogens is 326 g/mol. The number of piperidine rings is 1. The van der Waals surface area contributed by atoms with Gasteiger partial charge >= 0.3 is 0 Å². The fourth-order valence-corrected chi connectivity index (χ4v) is 4.67. The molecule has 0 amide bonds. The molecule has 0 radical (unpaired) electrons. The van der Waals surface area contributed by atoms with Crippen LogP contribution >= 0.6 is 0 Å². The Bertz CT molecular complexity index is 945. The van der Waals surface area contributed by atoms with Crippen LogP contribution in [0.5, 0.6) is 0 Å². The average Bonchev–Trinajstić information content (AvgIpc) is 3.10. The first kappa shape index (κ1) is 16.5. The van der Waals surface area contributed by atoms with E-state index in [9.17, 15) is 0 Å². The van der Waals surface area contributed by atoms with Crippen LogP contribution in [0, 0.1) is 0 Å². The van der Waals surface area contributed by atoms with Crippen LogP contribution < -0.4 is 0 Å². The molecule has 5 rings (SSSR count). The van der Waals surface area contributed by atoms with Gasteiger partial charge in [-0.15, -0.1) is 0 Å². The molecule has 1 aliphatic carbocycles. The molecule has 2 aliphatic rings. The van der Waals surface area contributed by atoms with Gasteiger partial charge in [-0.25, -0.2) is 0 Å². The van der Waals surface area contributed by atoms with Gasteiger partial charge in [0.15, 0.2) is 0 Å². The molecule has 1 heterocycles. The zero-order valence-corrected chi connectivity index (χ0v) is 15.6. The summed E-state index contributed by atoms with van der Waals surface area (Å²) < 4.78 is 0. The quantitative estimate of drug-likeness (QED) is 0.566. The van der Waals surface area contributed by atoms with Crippen molar-refractivity contribution < 1.29 is 0 Å². The van der Waals surface area contributed by atoms with Crippen LogP contribution in [0.25, 0.3) is 17.2 Å². The molecule has 1 saturated heterocycles. The third kappa shape index (κ3) is 3.13. The molecule has 27 heavy (non-hydrogen) atoms. The summed E-state index contributed by atoms with van der Waals surface area (Å²) >= 11 is 0. The van der Waals surface area contributed by atoms with Crippen LogP contribution in [-0.4, -0.2) is 18.0 Å². The number of hydrogen-bond acceptors (Lipinski definition) is 1. The Balaban J connectivity index is 1.25. The molecule has 0 saturated carbocycles. The lowest BCUT2D eigenvalue weighted by Gasteiger charge is -2.39. The van der Waals surface area contributed by atoms with E-state index in [4.69, 9.17) is 0 Å². The summed E-state index contributed by atoms with van der Waals surface area (Å²) in [5.74, 6) is 0. The summed E-state index contributed by atoms with van der Waals surface area (Å²) in [6, 6.07) is 28.6. The molecule has 3 aromatic rings. The standard InChI is InChI=1S/C26H25N/c1-2-6-22(7-3-1)23-12-10-21(11-13-23)20-27-18-16-26(17-19-27)15-14-24-8-4-5-9-25(24)26/h1-15H,16-20H2. The average molecular weight is 351 g/mol. The summed E-state index contributed by atoms with van der Waals surface area (Å²) in [4.78, 5) is 2.61. The van der Waals surface area contributed by atoms with Gasteiger partial charge < -0.3 is 0 Å². The van der Waals surface area contributed by atoms with Crippen molar-refractivity contribution in [2.75, 3.05) is 13.1 Å². The molecule has 0 atom stereocenters. The molecule has 134 valence electrons. The lowest BCUT2D eigenvalue weighted by Crippen LogP contribution is -2.40. The molecule has 0 bridgehead atoms. The minimum Gasteiger partial charge on any atom is -0.299 e. The Morgan fingerprint density at radius 2 is 1.37 bits per heavy atom. The lowest BCUT2D eigenvalue weighted by atomic mass is 9.74. The number of allylic oxidation sites excluding steroid dienone is 1. The Labute approximate surface area is 162 Å². The first-order chi connectivity index (χ1) is 13.3. The van der Waals surface area contributed by atoms with Crippen molar-refractivity contribution in [1.29, 1.82) is 0 Å². The molecular formula is C26H25N. The van der Waals surface area contributed by atoms with Crippen molar-refractivity contribution in [1.82, 2.24) is 4.90 Å². The van der Waals surface area contributed by atoms with E-state index >= 15 is 0 Å². The van der Waals surface area contributed by atoms with Gasteiger partial charge in [-0.05, 0) is 53.7 Å². The van der Waals surface area contributed by atoms with Crippen molar-refractivity contribution in [2.24, 2.45) is 0 Å². The van der Waals surface area contributed by atoms with Crippen LogP contribution in [0.2, 0.25) is 0 Å². The summed E-state index contributed by atoms with van der Waals surface area (Å²) in [5, 5.41) is 0. The van der Waals surface area contributed by atoms with Crippen molar-refractivity contribution in [3.05, 3.63) is 102 Å². The SMILES string of the molecule is C1=CC2(CCN(Cc3ccc(-c4ccccc4)cc3)CC2)c2ccccc21. The maximum absolute atomic E-state index is 2.61. The van der Waals surface area contributed by atoms with E-state index in [0.29, 0.717) is 0 Å². The predicted molar refractivity (Wildman–Crippen MR) is 114 cm³/mol. The molecule has 0 unspecified atom stereocenters. The second-order valence-electron chi connectivity index (χ2n) is 7.92. The highest BCUT2D eigenvalue weighted by molar-refractivity contribution is 5.65. The molecule has 1 aliphatic heterocycles. The van der Waals surface area contributed by atoms with Crippen LogP contribution in [0.4, 0.5) is 0 Å². The molecule has 3 aromatic carbocycles. The Morgan fingerprint density at radius 1 is 0.704 bits per heavy atom. The Morgan fingerprint density at radius 3 is 2.15 bits per heavy atom. The second kappa shape index (κ2) is 6.83. The van der Waals surface area contributed by atoms with Gasteiger partial charge in [-0.1, -0.05) is 91.0 Å². The molecule has 1 heteroatoms. The lowest BCUT2D eigenvalue weighted by molar-refractivity contribution is 0.177. The molecule has 1 fully saturated rings. The zero-order chi connectivity index (χ0) is 18.1. The number of fused-ring (bicyclic) bond motifs is 2. The van der Waals surface area contributed by atoms with Gasteiger partial charge in [0.2, 0.25) is 0 Å². The second-order valence-corrected chi connectivity index (χ2v) is 7.92. The fourth-order valence-electron chi connectivity index (χ4n) is 4.67. The van der Waals surface area contributed by atoms with Gasteiger partial charge in [0.25, 0.3) is 0 Å². The van der Waals surface area contributed by atoms with Crippen molar-refractivity contribution in [2.45, 2.75) is 24.8 Å². The third-order valence-corrected chi connectivity index (χ3v) is 6.29. The maximum atomic E-state index is 2.61. The van der Waals surface area contributed by atoms with Crippen molar-refractivity contribution in [3.63, 3.8) is 0 Å². The van der Waals surface area contributed by atoms with Gasteiger partial charge in [-0.3, -0.25) is 4.90 Å². The van der Waals surface area contributed by atoms with E-state index in [1.165, 1.54) is 53.7 Å². The van der Waals surface area contributed by atoms with Gasteiger partial charge in [-0.2, -0.15) is 0 Å².